The molecular weight excluding hydrogens is 345 g/mol. The number of benzene rings is 1. The van der Waals surface area contributed by atoms with Crippen LogP contribution in [0.3, 0.4) is 0 Å². The summed E-state index contributed by atoms with van der Waals surface area (Å²) in [6.07, 6.45) is 2.50. The normalized spacial score (nSPS) is 19.8. The molecule has 0 N–H and O–H groups in total. The molecule has 4 rings (SSSR count). The van der Waals surface area contributed by atoms with Gasteiger partial charge in [-0.05, 0) is 30.5 Å². The largest absolute Gasteiger partial charge is 0.361 e. The Balaban J connectivity index is 1.28. The molecule has 1 aromatic heterocycles. The molecule has 1 aliphatic carbocycles. The third kappa shape index (κ3) is 3.94. The van der Waals surface area contributed by atoms with Crippen LogP contribution in [0.5, 0.6) is 0 Å². The van der Waals surface area contributed by atoms with Gasteiger partial charge in [0.25, 0.3) is 0 Å². The van der Waals surface area contributed by atoms with Gasteiger partial charge in [-0.1, -0.05) is 34.4 Å². The Labute approximate surface area is 152 Å². The second-order valence-corrected chi connectivity index (χ2v) is 7.63. The summed E-state index contributed by atoms with van der Waals surface area (Å²) in [6, 6.07) is 7.88. The van der Waals surface area contributed by atoms with Gasteiger partial charge in [-0.3, -0.25) is 9.80 Å². The summed E-state index contributed by atoms with van der Waals surface area (Å²) in [6.45, 7) is 5.90. The zero-order chi connectivity index (χ0) is 16.5. The van der Waals surface area contributed by atoms with Gasteiger partial charge in [0.1, 0.15) is 5.76 Å². The van der Waals surface area contributed by atoms with Crippen molar-refractivity contribution in [3.8, 4) is 0 Å². The fraction of sp³-hybridized carbons (Fsp3) is 0.500. The molecule has 2 fully saturated rings. The van der Waals surface area contributed by atoms with Crippen molar-refractivity contribution in [3.63, 3.8) is 0 Å². The fourth-order valence-corrected chi connectivity index (χ4v) is 3.66. The summed E-state index contributed by atoms with van der Waals surface area (Å²) >= 11 is 12.2. The number of hydrogen-bond acceptors (Lipinski definition) is 4. The molecule has 24 heavy (non-hydrogen) atoms. The van der Waals surface area contributed by atoms with E-state index in [1.807, 2.05) is 18.2 Å². The van der Waals surface area contributed by atoms with Crippen molar-refractivity contribution in [2.24, 2.45) is 0 Å². The lowest BCUT2D eigenvalue weighted by molar-refractivity contribution is 0.120. The Hall–Kier alpha value is -1.07. The average molecular weight is 366 g/mol. The predicted molar refractivity (Wildman–Crippen MR) is 95.5 cm³/mol. The molecule has 4 nitrogen and oxygen atoms in total. The third-order valence-electron chi connectivity index (χ3n) is 4.82. The van der Waals surface area contributed by atoms with Gasteiger partial charge in [-0.25, -0.2) is 0 Å². The average Bonchev–Trinajstić information content (AvgIpc) is 3.32. The summed E-state index contributed by atoms with van der Waals surface area (Å²) in [7, 11) is 0. The molecule has 1 saturated heterocycles. The van der Waals surface area contributed by atoms with Crippen molar-refractivity contribution in [1.82, 2.24) is 15.0 Å². The molecule has 128 valence electrons. The molecular formula is C18H21Cl2N3O. The van der Waals surface area contributed by atoms with Crippen LogP contribution in [0.25, 0.3) is 0 Å². The Kier molecular flexibility index (Phi) is 4.81. The maximum Gasteiger partial charge on any atom is 0.140 e. The van der Waals surface area contributed by atoms with E-state index in [-0.39, 0.29) is 0 Å². The minimum Gasteiger partial charge on any atom is -0.361 e. The molecule has 0 atom stereocenters. The first-order valence-corrected chi connectivity index (χ1v) is 9.27. The molecule has 1 saturated carbocycles. The lowest BCUT2D eigenvalue weighted by Crippen LogP contribution is -2.45. The number of aromatic nitrogens is 1. The topological polar surface area (TPSA) is 32.5 Å². The van der Waals surface area contributed by atoms with Crippen LogP contribution in [0.4, 0.5) is 0 Å². The number of hydrogen-bond donors (Lipinski definition) is 0. The Morgan fingerprint density at radius 1 is 1.00 bits per heavy atom. The second kappa shape index (κ2) is 7.04. The van der Waals surface area contributed by atoms with Crippen LogP contribution in [0.15, 0.2) is 28.8 Å². The highest BCUT2D eigenvalue weighted by atomic mass is 35.5. The third-order valence-corrected chi connectivity index (χ3v) is 5.40. The second-order valence-electron chi connectivity index (χ2n) is 6.78. The lowest BCUT2D eigenvalue weighted by Gasteiger charge is -2.34. The molecule has 2 aliphatic rings. The quantitative estimate of drug-likeness (QED) is 0.795. The van der Waals surface area contributed by atoms with Crippen molar-refractivity contribution < 1.29 is 4.52 Å². The van der Waals surface area contributed by atoms with Crippen molar-refractivity contribution in [1.29, 1.82) is 0 Å². The maximum atomic E-state index is 6.28. The Bertz CT molecular complexity index is 706. The van der Waals surface area contributed by atoms with E-state index < -0.39 is 0 Å². The van der Waals surface area contributed by atoms with Crippen molar-refractivity contribution in [3.05, 3.63) is 51.3 Å². The maximum absolute atomic E-state index is 6.28. The lowest BCUT2D eigenvalue weighted by atomic mass is 10.2. The summed E-state index contributed by atoms with van der Waals surface area (Å²) in [5, 5.41) is 5.65. The summed E-state index contributed by atoms with van der Waals surface area (Å²) in [5.74, 6) is 1.70. The van der Waals surface area contributed by atoms with Crippen LogP contribution in [0.1, 0.15) is 35.8 Å². The zero-order valence-corrected chi connectivity index (χ0v) is 15.1. The van der Waals surface area contributed by atoms with Crippen LogP contribution < -0.4 is 0 Å². The van der Waals surface area contributed by atoms with Crippen molar-refractivity contribution >= 4 is 23.2 Å². The van der Waals surface area contributed by atoms with E-state index in [4.69, 9.17) is 27.7 Å². The first kappa shape index (κ1) is 16.4. The number of halogens is 2. The van der Waals surface area contributed by atoms with Gasteiger partial charge < -0.3 is 4.52 Å². The Morgan fingerprint density at radius 3 is 2.38 bits per heavy atom. The van der Waals surface area contributed by atoms with E-state index in [0.29, 0.717) is 10.9 Å². The van der Waals surface area contributed by atoms with Crippen LogP contribution in [-0.2, 0) is 13.1 Å². The van der Waals surface area contributed by atoms with Gasteiger partial charge >= 0.3 is 0 Å². The van der Waals surface area contributed by atoms with Gasteiger partial charge in [0.15, 0.2) is 0 Å². The van der Waals surface area contributed by atoms with E-state index >= 15 is 0 Å². The minimum absolute atomic E-state index is 0.632. The van der Waals surface area contributed by atoms with Gasteiger partial charge in [0, 0.05) is 61.3 Å². The molecule has 6 heteroatoms. The summed E-state index contributed by atoms with van der Waals surface area (Å²) in [4.78, 5) is 4.87. The minimum atomic E-state index is 0.632. The molecule has 1 aliphatic heterocycles. The zero-order valence-electron chi connectivity index (χ0n) is 13.5. The first-order valence-electron chi connectivity index (χ1n) is 8.51. The predicted octanol–water partition coefficient (Wildman–Crippen LogP) is 4.18. The molecule has 1 aromatic carbocycles. The molecule has 0 radical (unpaired) electrons. The standard InChI is InChI=1S/C18H21Cl2N3O/c19-15-4-3-14(17(20)9-15)11-22-5-7-23(8-6-22)12-16-10-18(24-21-16)13-1-2-13/h3-4,9-10,13H,1-2,5-8,11-12H2. The van der Waals surface area contributed by atoms with Crippen molar-refractivity contribution in [2.75, 3.05) is 26.2 Å². The molecule has 0 bridgehead atoms. The van der Waals surface area contributed by atoms with E-state index in [9.17, 15) is 0 Å². The van der Waals surface area contributed by atoms with E-state index in [1.54, 1.807) is 0 Å². The SMILES string of the molecule is Clc1ccc(CN2CCN(Cc3cc(C4CC4)on3)CC2)c(Cl)c1. The monoisotopic (exact) mass is 365 g/mol. The smallest absolute Gasteiger partial charge is 0.140 e. The number of nitrogens with zero attached hydrogens (tertiary/aromatic N) is 3. The van der Waals surface area contributed by atoms with E-state index in [2.05, 4.69) is 21.0 Å². The first-order chi connectivity index (χ1) is 11.7. The number of rotatable bonds is 5. The summed E-state index contributed by atoms with van der Waals surface area (Å²) in [5.41, 5.74) is 2.20. The summed E-state index contributed by atoms with van der Waals surface area (Å²) < 4.78 is 5.44. The van der Waals surface area contributed by atoms with E-state index in [1.165, 1.54) is 12.8 Å². The van der Waals surface area contributed by atoms with Gasteiger partial charge in [0.2, 0.25) is 0 Å². The Morgan fingerprint density at radius 2 is 1.71 bits per heavy atom. The van der Waals surface area contributed by atoms with Crippen molar-refractivity contribution in [2.45, 2.75) is 31.8 Å². The highest BCUT2D eigenvalue weighted by Crippen LogP contribution is 2.40. The molecule has 2 heterocycles. The van der Waals surface area contributed by atoms with Gasteiger partial charge in [-0.2, -0.15) is 0 Å². The molecule has 2 aromatic rings. The van der Waals surface area contributed by atoms with Gasteiger partial charge in [0.05, 0.1) is 5.69 Å². The highest BCUT2D eigenvalue weighted by Gasteiger charge is 2.28. The van der Waals surface area contributed by atoms with E-state index in [0.717, 1.165) is 61.3 Å². The fourth-order valence-electron chi connectivity index (χ4n) is 3.19. The van der Waals surface area contributed by atoms with Crippen LogP contribution in [-0.4, -0.2) is 41.1 Å². The molecule has 0 spiro atoms. The molecule has 0 amide bonds. The highest BCUT2D eigenvalue weighted by molar-refractivity contribution is 6.35. The van der Waals surface area contributed by atoms with Crippen LogP contribution in [0, 0.1) is 0 Å². The van der Waals surface area contributed by atoms with Crippen LogP contribution >= 0.6 is 23.2 Å². The van der Waals surface area contributed by atoms with Crippen LogP contribution in [0.2, 0.25) is 10.0 Å². The molecule has 0 unspecified atom stereocenters. The van der Waals surface area contributed by atoms with Gasteiger partial charge in [-0.15, -0.1) is 0 Å². The number of piperazine rings is 1.